The molecule has 1 amide bonds. The third kappa shape index (κ3) is 4.04. The molecule has 4 nitrogen and oxygen atoms in total. The van der Waals surface area contributed by atoms with Gasteiger partial charge in [-0.25, -0.2) is 4.98 Å². The van der Waals surface area contributed by atoms with E-state index in [0.717, 1.165) is 11.3 Å². The number of nitrogens with zero attached hydrogens (tertiary/aromatic N) is 3. The fraction of sp³-hybridized carbons (Fsp3) is 0.143. The lowest BCUT2D eigenvalue weighted by Gasteiger charge is -2.22. The van der Waals surface area contributed by atoms with Crippen LogP contribution in [0.1, 0.15) is 15.9 Å². The van der Waals surface area contributed by atoms with Gasteiger partial charge in [-0.2, -0.15) is 0 Å². The average molecular weight is 331 g/mol. The number of anilines is 2. The number of benzene rings is 2. The van der Waals surface area contributed by atoms with Crippen molar-refractivity contribution >= 4 is 17.4 Å². The first-order valence-corrected chi connectivity index (χ1v) is 8.19. The molecule has 4 heteroatoms. The first kappa shape index (κ1) is 16.7. The van der Waals surface area contributed by atoms with Crippen LogP contribution in [0.4, 0.5) is 11.5 Å². The number of carbonyl (C=O) groups excluding carboxylic acids is 1. The Labute approximate surface area is 148 Å². The molecule has 0 fully saturated rings. The minimum atomic E-state index is -0.0622. The van der Waals surface area contributed by atoms with Crippen LogP contribution in [0.5, 0.6) is 0 Å². The van der Waals surface area contributed by atoms with E-state index in [9.17, 15) is 4.79 Å². The molecule has 0 saturated carbocycles. The van der Waals surface area contributed by atoms with E-state index >= 15 is 0 Å². The Morgan fingerprint density at radius 3 is 2.16 bits per heavy atom. The van der Waals surface area contributed by atoms with E-state index in [1.165, 1.54) is 0 Å². The molecule has 3 aromatic rings. The van der Waals surface area contributed by atoms with Gasteiger partial charge in [0.1, 0.15) is 5.82 Å². The molecule has 0 aliphatic heterocycles. The molecule has 0 N–H and O–H groups in total. The molecule has 0 saturated heterocycles. The van der Waals surface area contributed by atoms with Crippen LogP contribution in [0.2, 0.25) is 0 Å². The second-order valence-corrected chi connectivity index (χ2v) is 6.01. The number of hydrogen-bond acceptors (Lipinski definition) is 3. The van der Waals surface area contributed by atoms with Crippen LogP contribution < -0.4 is 9.80 Å². The number of aromatic nitrogens is 1. The number of carbonyl (C=O) groups is 1. The lowest BCUT2D eigenvalue weighted by molar-refractivity contribution is 0.0984. The summed E-state index contributed by atoms with van der Waals surface area (Å²) in [6.07, 6.45) is 1.70. The third-order valence-electron chi connectivity index (χ3n) is 3.99. The van der Waals surface area contributed by atoms with Gasteiger partial charge in [0, 0.05) is 31.5 Å². The van der Waals surface area contributed by atoms with Crippen molar-refractivity contribution in [3.63, 3.8) is 0 Å². The van der Waals surface area contributed by atoms with Gasteiger partial charge < -0.3 is 4.90 Å². The molecule has 0 atom stereocenters. The maximum atomic E-state index is 13.1. The Kier molecular flexibility index (Phi) is 5.09. The molecule has 126 valence electrons. The van der Waals surface area contributed by atoms with Gasteiger partial charge in [-0.3, -0.25) is 9.69 Å². The van der Waals surface area contributed by atoms with Crippen molar-refractivity contribution in [2.75, 3.05) is 23.9 Å². The van der Waals surface area contributed by atoms with Crippen LogP contribution in [0, 0.1) is 0 Å². The Morgan fingerprint density at radius 1 is 0.880 bits per heavy atom. The summed E-state index contributed by atoms with van der Waals surface area (Å²) in [5, 5.41) is 0. The van der Waals surface area contributed by atoms with E-state index in [1.54, 1.807) is 11.1 Å². The zero-order valence-electron chi connectivity index (χ0n) is 14.5. The van der Waals surface area contributed by atoms with Crippen molar-refractivity contribution in [1.82, 2.24) is 4.98 Å². The molecule has 1 aromatic heterocycles. The molecule has 0 unspecified atom stereocenters. The fourth-order valence-corrected chi connectivity index (χ4v) is 2.59. The molecule has 2 aromatic carbocycles. The summed E-state index contributed by atoms with van der Waals surface area (Å²) >= 11 is 0. The van der Waals surface area contributed by atoms with Crippen molar-refractivity contribution in [3.8, 4) is 0 Å². The van der Waals surface area contributed by atoms with Gasteiger partial charge in [-0.05, 0) is 42.0 Å². The van der Waals surface area contributed by atoms with Gasteiger partial charge in [0.15, 0.2) is 0 Å². The SMILES string of the molecule is CN(C)c1ccc(C(=O)N(Cc2ccccc2)c2ccccn2)cc1. The molecule has 0 aliphatic carbocycles. The fourth-order valence-electron chi connectivity index (χ4n) is 2.59. The standard InChI is InChI=1S/C21H21N3O/c1-23(2)19-13-11-18(12-14-19)21(25)24(20-10-6-7-15-22-20)16-17-8-4-3-5-9-17/h3-15H,16H2,1-2H3. The second-order valence-electron chi connectivity index (χ2n) is 6.01. The van der Waals surface area contributed by atoms with Crippen molar-refractivity contribution < 1.29 is 4.79 Å². The quantitative estimate of drug-likeness (QED) is 0.709. The Hall–Kier alpha value is -3.14. The van der Waals surface area contributed by atoms with Crippen LogP contribution in [0.25, 0.3) is 0 Å². The molecule has 25 heavy (non-hydrogen) atoms. The highest BCUT2D eigenvalue weighted by molar-refractivity contribution is 6.05. The first-order valence-electron chi connectivity index (χ1n) is 8.19. The van der Waals surface area contributed by atoms with Crippen LogP contribution in [0.15, 0.2) is 79.0 Å². The van der Waals surface area contributed by atoms with Crippen LogP contribution in [-0.2, 0) is 6.54 Å². The molecule has 0 aliphatic rings. The number of pyridine rings is 1. The molecule has 0 spiro atoms. The third-order valence-corrected chi connectivity index (χ3v) is 3.99. The normalized spacial score (nSPS) is 10.3. The zero-order chi connectivity index (χ0) is 17.6. The van der Waals surface area contributed by atoms with E-state index in [4.69, 9.17) is 0 Å². The predicted molar refractivity (Wildman–Crippen MR) is 102 cm³/mol. The van der Waals surface area contributed by atoms with Crippen LogP contribution in [-0.4, -0.2) is 25.0 Å². The topological polar surface area (TPSA) is 36.4 Å². The molecular weight excluding hydrogens is 310 g/mol. The van der Waals surface area contributed by atoms with E-state index in [2.05, 4.69) is 4.98 Å². The van der Waals surface area contributed by atoms with E-state index in [-0.39, 0.29) is 5.91 Å². The van der Waals surface area contributed by atoms with Gasteiger partial charge >= 0.3 is 0 Å². The minimum absolute atomic E-state index is 0.0622. The van der Waals surface area contributed by atoms with Crippen molar-refractivity contribution in [1.29, 1.82) is 0 Å². The summed E-state index contributed by atoms with van der Waals surface area (Å²) in [5.41, 5.74) is 2.77. The highest BCUT2D eigenvalue weighted by Crippen LogP contribution is 2.19. The van der Waals surface area contributed by atoms with Crippen molar-refractivity contribution in [3.05, 3.63) is 90.1 Å². The monoisotopic (exact) mass is 331 g/mol. The summed E-state index contributed by atoms with van der Waals surface area (Å²) in [4.78, 5) is 21.2. The van der Waals surface area contributed by atoms with Crippen molar-refractivity contribution in [2.45, 2.75) is 6.54 Å². The van der Waals surface area contributed by atoms with E-state index < -0.39 is 0 Å². The predicted octanol–water partition coefficient (Wildman–Crippen LogP) is 3.99. The highest BCUT2D eigenvalue weighted by Gasteiger charge is 2.19. The molecule has 1 heterocycles. The van der Waals surface area contributed by atoms with Gasteiger partial charge in [0.2, 0.25) is 0 Å². The second kappa shape index (κ2) is 7.62. The van der Waals surface area contributed by atoms with Gasteiger partial charge in [0.25, 0.3) is 5.91 Å². The average Bonchev–Trinajstić information content (AvgIpc) is 2.67. The highest BCUT2D eigenvalue weighted by atomic mass is 16.2. The lowest BCUT2D eigenvalue weighted by Crippen LogP contribution is -2.31. The molecule has 3 rings (SSSR count). The van der Waals surface area contributed by atoms with E-state index in [1.807, 2.05) is 91.8 Å². The maximum absolute atomic E-state index is 13.1. The molecule has 0 radical (unpaired) electrons. The van der Waals surface area contributed by atoms with E-state index in [0.29, 0.717) is 17.9 Å². The van der Waals surface area contributed by atoms with Crippen molar-refractivity contribution in [2.24, 2.45) is 0 Å². The number of hydrogen-bond donors (Lipinski definition) is 0. The summed E-state index contributed by atoms with van der Waals surface area (Å²) in [7, 11) is 3.96. The largest absolute Gasteiger partial charge is 0.378 e. The smallest absolute Gasteiger partial charge is 0.259 e. The van der Waals surface area contributed by atoms with Gasteiger partial charge in [0.05, 0.1) is 6.54 Å². The lowest BCUT2D eigenvalue weighted by atomic mass is 10.1. The zero-order valence-corrected chi connectivity index (χ0v) is 14.5. The van der Waals surface area contributed by atoms with Crippen LogP contribution >= 0.6 is 0 Å². The number of amides is 1. The summed E-state index contributed by atoms with van der Waals surface area (Å²) in [5.74, 6) is 0.584. The summed E-state index contributed by atoms with van der Waals surface area (Å²) in [6, 6.07) is 23.2. The first-order chi connectivity index (χ1) is 12.1. The maximum Gasteiger partial charge on any atom is 0.259 e. The Morgan fingerprint density at radius 2 is 1.56 bits per heavy atom. The summed E-state index contributed by atoms with van der Waals surface area (Å²) < 4.78 is 0. The summed E-state index contributed by atoms with van der Waals surface area (Å²) in [6.45, 7) is 0.478. The Bertz CT molecular complexity index is 815. The van der Waals surface area contributed by atoms with Gasteiger partial charge in [-0.1, -0.05) is 36.4 Å². The Balaban J connectivity index is 1.92. The number of rotatable bonds is 5. The minimum Gasteiger partial charge on any atom is -0.378 e. The van der Waals surface area contributed by atoms with Crippen LogP contribution in [0.3, 0.4) is 0 Å². The molecule has 0 bridgehead atoms. The molecular formula is C21H21N3O. The van der Waals surface area contributed by atoms with Gasteiger partial charge in [-0.15, -0.1) is 0 Å².